The van der Waals surface area contributed by atoms with E-state index < -0.39 is 0 Å². The molecule has 0 saturated carbocycles. The molecule has 96 valence electrons. The summed E-state index contributed by atoms with van der Waals surface area (Å²) in [6.45, 7) is 0. The van der Waals surface area contributed by atoms with Crippen molar-refractivity contribution >= 4 is 13.6 Å². The predicted molar refractivity (Wildman–Crippen MR) is 84.0 cm³/mol. The lowest BCUT2D eigenvalue weighted by Crippen LogP contribution is -2.30. The van der Waals surface area contributed by atoms with Crippen LogP contribution in [-0.4, -0.2) is 13.6 Å². The van der Waals surface area contributed by atoms with Crippen molar-refractivity contribution in [3.8, 4) is 0 Å². The maximum Gasteiger partial charge on any atom is 0.155 e. The number of hydrogen-bond donors (Lipinski definition) is 0. The van der Waals surface area contributed by atoms with Gasteiger partial charge >= 0.3 is 0 Å². The van der Waals surface area contributed by atoms with Gasteiger partial charge in [-0.2, -0.15) is 0 Å². The lowest BCUT2D eigenvalue weighted by molar-refractivity contribution is -0.113. The second kappa shape index (κ2) is 4.21. The van der Waals surface area contributed by atoms with Crippen LogP contribution in [0.4, 0.5) is 0 Å². The second-order valence-electron chi connectivity index (χ2n) is 5.63. The molecule has 0 bridgehead atoms. The molecule has 0 saturated heterocycles. The Kier molecular flexibility index (Phi) is 2.46. The summed E-state index contributed by atoms with van der Waals surface area (Å²) < 4.78 is 0. The molecular formula is C18H15BO. The molecular weight excluding hydrogens is 243 g/mol. The van der Waals surface area contributed by atoms with E-state index >= 15 is 0 Å². The largest absolute Gasteiger partial charge is 0.295 e. The Morgan fingerprint density at radius 3 is 2.40 bits per heavy atom. The zero-order valence-corrected chi connectivity index (χ0v) is 11.5. The van der Waals surface area contributed by atoms with Crippen LogP contribution in [0.3, 0.4) is 0 Å². The van der Waals surface area contributed by atoms with Crippen LogP contribution in [0.5, 0.6) is 0 Å². The van der Waals surface area contributed by atoms with Crippen LogP contribution in [0.25, 0.3) is 0 Å². The van der Waals surface area contributed by atoms with E-state index in [4.69, 9.17) is 0 Å². The minimum atomic E-state index is 0.245. The van der Waals surface area contributed by atoms with Gasteiger partial charge in [-0.1, -0.05) is 54.7 Å². The van der Waals surface area contributed by atoms with Crippen molar-refractivity contribution in [2.45, 2.75) is 6.32 Å². The average molecular weight is 258 g/mol. The van der Waals surface area contributed by atoms with Gasteiger partial charge in [0.15, 0.2) is 5.78 Å². The number of ketones is 1. The Bertz CT molecular complexity index is 723. The Morgan fingerprint density at radius 1 is 0.900 bits per heavy atom. The molecule has 2 unspecified atom stereocenters. The van der Waals surface area contributed by atoms with Crippen LogP contribution in [-0.2, 0) is 4.79 Å². The number of hydrogen-bond acceptors (Lipinski definition) is 1. The third-order valence-corrected chi connectivity index (χ3v) is 4.62. The zero-order chi connectivity index (χ0) is 13.7. The Labute approximate surface area is 119 Å². The third-order valence-electron chi connectivity index (χ3n) is 4.62. The number of carbonyl (C=O) groups excluding carboxylic acids is 1. The maximum absolute atomic E-state index is 12.2. The monoisotopic (exact) mass is 258 g/mol. The topological polar surface area (TPSA) is 17.1 Å². The lowest BCUT2D eigenvalue weighted by atomic mass is 9.62. The molecule has 0 heterocycles. The molecule has 0 fully saturated rings. The highest BCUT2D eigenvalue weighted by Crippen LogP contribution is 2.49. The van der Waals surface area contributed by atoms with Crippen LogP contribution in [0.2, 0.25) is 6.32 Å². The van der Waals surface area contributed by atoms with Gasteiger partial charge in [-0.05, 0) is 28.6 Å². The first kappa shape index (κ1) is 11.7. The molecule has 4 aliphatic rings. The summed E-state index contributed by atoms with van der Waals surface area (Å²) in [5.74, 6) is 0.964. The molecule has 0 spiro atoms. The third kappa shape index (κ3) is 1.48. The van der Waals surface area contributed by atoms with Crippen molar-refractivity contribution in [1.82, 2.24) is 0 Å². The first-order chi connectivity index (χ1) is 9.79. The van der Waals surface area contributed by atoms with Gasteiger partial charge in [-0.15, -0.1) is 0 Å². The summed E-state index contributed by atoms with van der Waals surface area (Å²) >= 11 is 0. The van der Waals surface area contributed by atoms with E-state index in [-0.39, 0.29) is 5.78 Å². The first-order valence-corrected chi connectivity index (χ1v) is 7.23. The highest BCUT2D eigenvalue weighted by atomic mass is 16.1. The summed E-state index contributed by atoms with van der Waals surface area (Å²) in [6, 6.07) is 0. The molecule has 0 aromatic carbocycles. The number of rotatable bonds is 2. The minimum absolute atomic E-state index is 0.245. The highest BCUT2D eigenvalue weighted by Gasteiger charge is 2.39. The SMILES string of the molecule is BCC(=O)C1=CC=C2C=CC3=CC=CC4=CC=C1C2C34. The van der Waals surface area contributed by atoms with Gasteiger partial charge in [-0.3, -0.25) is 4.79 Å². The number of Topliss-reactive ketones (excluding diaryl/α,β-unsaturated/α-hetero) is 1. The van der Waals surface area contributed by atoms with E-state index in [1.54, 1.807) is 0 Å². The molecule has 20 heavy (non-hydrogen) atoms. The fraction of sp³-hybridized carbons (Fsp3) is 0.167. The molecule has 0 N–H and O–H groups in total. The Hall–Kier alpha value is -2.09. The minimum Gasteiger partial charge on any atom is -0.295 e. The van der Waals surface area contributed by atoms with Gasteiger partial charge in [0, 0.05) is 17.4 Å². The second-order valence-corrected chi connectivity index (χ2v) is 5.63. The molecule has 0 aromatic rings. The molecule has 2 atom stereocenters. The van der Waals surface area contributed by atoms with E-state index in [0.29, 0.717) is 18.2 Å². The van der Waals surface area contributed by atoms with Crippen LogP contribution < -0.4 is 0 Å². The molecule has 0 aliphatic heterocycles. The van der Waals surface area contributed by atoms with Crippen molar-refractivity contribution in [2.24, 2.45) is 11.8 Å². The van der Waals surface area contributed by atoms with Gasteiger partial charge in [0.2, 0.25) is 0 Å². The summed E-state index contributed by atoms with van der Waals surface area (Å²) in [7, 11) is 1.93. The molecule has 0 aromatic heterocycles. The summed E-state index contributed by atoms with van der Waals surface area (Å²) in [5.41, 5.74) is 6.15. The smallest absolute Gasteiger partial charge is 0.155 e. The summed E-state index contributed by atoms with van der Waals surface area (Å²) in [6.07, 6.45) is 19.9. The number of allylic oxidation sites excluding steroid dienone is 14. The Balaban J connectivity index is 1.93. The molecule has 4 rings (SSSR count). The van der Waals surface area contributed by atoms with Crippen molar-refractivity contribution in [1.29, 1.82) is 0 Å². The molecule has 4 aliphatic carbocycles. The van der Waals surface area contributed by atoms with Gasteiger partial charge in [0.25, 0.3) is 0 Å². The first-order valence-electron chi connectivity index (χ1n) is 7.23. The van der Waals surface area contributed by atoms with Crippen LogP contribution >= 0.6 is 0 Å². The van der Waals surface area contributed by atoms with E-state index in [2.05, 4.69) is 48.6 Å². The van der Waals surface area contributed by atoms with Crippen molar-refractivity contribution in [3.63, 3.8) is 0 Å². The average Bonchev–Trinajstić information content (AvgIpc) is 2.51. The van der Waals surface area contributed by atoms with E-state index in [1.165, 1.54) is 22.3 Å². The number of carbonyl (C=O) groups is 1. The van der Waals surface area contributed by atoms with Crippen molar-refractivity contribution in [3.05, 3.63) is 82.5 Å². The van der Waals surface area contributed by atoms with Gasteiger partial charge < -0.3 is 0 Å². The van der Waals surface area contributed by atoms with E-state index in [1.807, 2.05) is 13.9 Å². The highest BCUT2D eigenvalue weighted by molar-refractivity contribution is 6.25. The quantitative estimate of drug-likeness (QED) is 0.696. The van der Waals surface area contributed by atoms with Crippen LogP contribution in [0.1, 0.15) is 0 Å². The van der Waals surface area contributed by atoms with Crippen molar-refractivity contribution < 1.29 is 4.79 Å². The molecule has 0 radical (unpaired) electrons. The van der Waals surface area contributed by atoms with Gasteiger partial charge in [0.1, 0.15) is 7.85 Å². The fourth-order valence-electron chi connectivity index (χ4n) is 3.65. The predicted octanol–water partition coefficient (Wildman–Crippen LogP) is 2.64. The van der Waals surface area contributed by atoms with Crippen LogP contribution in [0.15, 0.2) is 82.5 Å². The maximum atomic E-state index is 12.2. The Morgan fingerprint density at radius 2 is 1.60 bits per heavy atom. The van der Waals surface area contributed by atoms with Crippen molar-refractivity contribution in [2.75, 3.05) is 0 Å². The molecule has 0 amide bonds. The van der Waals surface area contributed by atoms with Gasteiger partial charge in [-0.25, -0.2) is 0 Å². The lowest BCUT2D eigenvalue weighted by Gasteiger charge is -2.40. The summed E-state index contributed by atoms with van der Waals surface area (Å²) in [5, 5.41) is 0. The summed E-state index contributed by atoms with van der Waals surface area (Å²) in [4.78, 5) is 12.2. The van der Waals surface area contributed by atoms with Gasteiger partial charge in [0.05, 0.1) is 0 Å². The van der Waals surface area contributed by atoms with E-state index in [9.17, 15) is 4.79 Å². The fourth-order valence-corrected chi connectivity index (χ4v) is 3.65. The normalized spacial score (nSPS) is 28.7. The zero-order valence-electron chi connectivity index (χ0n) is 11.5. The molecule has 2 heteroatoms. The standard InChI is InChI=1S/C18H15BO/c19-10-16(20)14-8-6-13-5-4-11-2-1-3-12-7-9-15(14)18(13)17(11)12/h1-9,17-18H,10,19H2. The van der Waals surface area contributed by atoms with Crippen LogP contribution in [0, 0.1) is 11.8 Å². The van der Waals surface area contributed by atoms with E-state index in [0.717, 1.165) is 5.57 Å². The molecule has 1 nitrogen and oxygen atoms in total.